The smallest absolute Gasteiger partial charge is 0.251 e. The fourth-order valence-electron chi connectivity index (χ4n) is 2.81. The van der Waals surface area contributed by atoms with Gasteiger partial charge in [-0.2, -0.15) is 0 Å². The topological polar surface area (TPSA) is 32.3 Å². The molecule has 1 saturated carbocycles. The van der Waals surface area contributed by atoms with Crippen molar-refractivity contribution < 1.29 is 4.79 Å². The fraction of sp³-hybridized carbons (Fsp3) is 0.533. The second-order valence-electron chi connectivity index (χ2n) is 5.70. The van der Waals surface area contributed by atoms with Crippen molar-refractivity contribution in [1.29, 1.82) is 0 Å². The van der Waals surface area contributed by atoms with Crippen LogP contribution in [0.4, 0.5) is 0 Å². The van der Waals surface area contributed by atoms with Gasteiger partial charge in [0, 0.05) is 35.2 Å². The van der Waals surface area contributed by atoms with Crippen LogP contribution in [0.3, 0.4) is 0 Å². The molecule has 0 bridgehead atoms. The number of nitrogens with one attached hydrogen (secondary N) is 1. The zero-order valence-electron chi connectivity index (χ0n) is 11.2. The maximum atomic E-state index is 12.2. The van der Waals surface area contributed by atoms with E-state index in [4.69, 9.17) is 0 Å². The van der Waals surface area contributed by atoms with Gasteiger partial charge >= 0.3 is 0 Å². The Bertz CT molecular complexity index is 479. The summed E-state index contributed by atoms with van der Waals surface area (Å²) in [6.07, 6.45) is 3.76. The fourth-order valence-corrected chi connectivity index (χ4v) is 3.42. The highest BCUT2D eigenvalue weighted by atomic mass is 79.9. The molecule has 4 heteroatoms. The molecule has 3 nitrogen and oxygen atoms in total. The van der Waals surface area contributed by atoms with E-state index in [1.807, 2.05) is 25.1 Å². The van der Waals surface area contributed by atoms with Gasteiger partial charge in [0.15, 0.2) is 0 Å². The minimum absolute atomic E-state index is 0.0482. The van der Waals surface area contributed by atoms with Crippen LogP contribution in [-0.4, -0.2) is 36.0 Å². The van der Waals surface area contributed by atoms with Crippen molar-refractivity contribution in [1.82, 2.24) is 10.2 Å². The first-order chi connectivity index (χ1) is 9.11. The predicted octanol–water partition coefficient (Wildman–Crippen LogP) is 2.72. The number of aryl methyl sites for hydroxylation is 1. The van der Waals surface area contributed by atoms with E-state index in [0.717, 1.165) is 41.2 Å². The summed E-state index contributed by atoms with van der Waals surface area (Å²) in [6, 6.07) is 6.95. The summed E-state index contributed by atoms with van der Waals surface area (Å²) in [7, 11) is 0. The Morgan fingerprint density at radius 3 is 2.79 bits per heavy atom. The first-order valence-corrected chi connectivity index (χ1v) is 7.73. The number of carbonyl (C=O) groups excluding carboxylic acids is 1. The van der Waals surface area contributed by atoms with Gasteiger partial charge in [-0.15, -0.1) is 0 Å². The molecule has 1 amide bonds. The van der Waals surface area contributed by atoms with Gasteiger partial charge in [0.05, 0.1) is 0 Å². The Balaban J connectivity index is 1.61. The number of amides is 1. The average Bonchev–Trinajstić information content (AvgIpc) is 3.09. The van der Waals surface area contributed by atoms with Crippen molar-refractivity contribution in [3.05, 3.63) is 33.8 Å². The summed E-state index contributed by atoms with van der Waals surface area (Å²) >= 11 is 3.44. The zero-order chi connectivity index (χ0) is 13.4. The van der Waals surface area contributed by atoms with Crippen molar-refractivity contribution in [2.45, 2.75) is 38.3 Å². The van der Waals surface area contributed by atoms with Crippen LogP contribution in [-0.2, 0) is 0 Å². The molecule has 2 aliphatic rings. The first kappa shape index (κ1) is 13.1. The van der Waals surface area contributed by atoms with Crippen LogP contribution >= 0.6 is 15.9 Å². The molecule has 1 aliphatic heterocycles. The number of nitrogens with zero attached hydrogens (tertiary/aromatic N) is 1. The molecule has 1 aromatic carbocycles. The number of halogens is 1. The van der Waals surface area contributed by atoms with Gasteiger partial charge in [-0.25, -0.2) is 0 Å². The maximum absolute atomic E-state index is 12.2. The van der Waals surface area contributed by atoms with Crippen LogP contribution < -0.4 is 5.32 Å². The Kier molecular flexibility index (Phi) is 3.63. The third-order valence-corrected chi connectivity index (χ3v) is 4.38. The standard InChI is InChI=1S/C15H19BrN2O/c1-10-6-11(8-12(16)7-10)15(19)17-13-4-5-18(9-13)14-2-3-14/h6-8,13-14H,2-5,9H2,1H3,(H,17,19). The molecule has 3 rings (SSSR count). The van der Waals surface area contributed by atoms with Gasteiger partial charge in [0.2, 0.25) is 0 Å². The number of benzene rings is 1. The van der Waals surface area contributed by atoms with Crippen molar-refractivity contribution in [3.63, 3.8) is 0 Å². The normalized spacial score (nSPS) is 23.6. The molecule has 1 aromatic rings. The maximum Gasteiger partial charge on any atom is 0.251 e. The average molecular weight is 323 g/mol. The van der Waals surface area contributed by atoms with Crippen LogP contribution in [0.5, 0.6) is 0 Å². The summed E-state index contributed by atoms with van der Waals surface area (Å²) < 4.78 is 0.962. The molecule has 0 aromatic heterocycles. The molecule has 1 heterocycles. The first-order valence-electron chi connectivity index (χ1n) is 6.94. The van der Waals surface area contributed by atoms with Gasteiger partial charge < -0.3 is 5.32 Å². The molecular weight excluding hydrogens is 304 g/mol. The second-order valence-corrected chi connectivity index (χ2v) is 6.62. The minimum Gasteiger partial charge on any atom is -0.348 e. The number of carbonyl (C=O) groups is 1. The van der Waals surface area contributed by atoms with Crippen molar-refractivity contribution in [3.8, 4) is 0 Å². The van der Waals surface area contributed by atoms with E-state index in [9.17, 15) is 4.79 Å². The molecule has 1 aliphatic carbocycles. The highest BCUT2D eigenvalue weighted by molar-refractivity contribution is 9.10. The Labute approximate surface area is 122 Å². The second kappa shape index (κ2) is 5.25. The van der Waals surface area contributed by atoms with E-state index in [-0.39, 0.29) is 5.91 Å². The van der Waals surface area contributed by atoms with E-state index >= 15 is 0 Å². The third-order valence-electron chi connectivity index (χ3n) is 3.92. The molecule has 0 spiro atoms. The molecule has 19 heavy (non-hydrogen) atoms. The van der Waals surface area contributed by atoms with E-state index in [1.54, 1.807) is 0 Å². The predicted molar refractivity (Wildman–Crippen MR) is 79.3 cm³/mol. The van der Waals surface area contributed by atoms with Crippen LogP contribution in [0.1, 0.15) is 35.2 Å². The van der Waals surface area contributed by atoms with Crippen molar-refractivity contribution in [2.24, 2.45) is 0 Å². The largest absolute Gasteiger partial charge is 0.348 e. The quantitative estimate of drug-likeness (QED) is 0.928. The van der Waals surface area contributed by atoms with E-state index in [1.165, 1.54) is 12.8 Å². The third kappa shape index (κ3) is 3.18. The molecule has 1 N–H and O–H groups in total. The Morgan fingerprint density at radius 2 is 2.11 bits per heavy atom. The summed E-state index contributed by atoms with van der Waals surface area (Å²) in [4.78, 5) is 14.8. The molecule has 0 radical (unpaired) electrons. The number of likely N-dealkylation sites (tertiary alicyclic amines) is 1. The summed E-state index contributed by atoms with van der Waals surface area (Å²) in [5.74, 6) is 0.0482. The van der Waals surface area contributed by atoms with Gasteiger partial charge in [-0.1, -0.05) is 15.9 Å². The highest BCUT2D eigenvalue weighted by Gasteiger charge is 2.34. The van der Waals surface area contributed by atoms with Crippen LogP contribution in [0.15, 0.2) is 22.7 Å². The van der Waals surface area contributed by atoms with Gasteiger partial charge in [0.25, 0.3) is 5.91 Å². The molecule has 102 valence electrons. The van der Waals surface area contributed by atoms with Crippen LogP contribution in [0, 0.1) is 6.92 Å². The molecule has 1 unspecified atom stereocenters. The van der Waals surface area contributed by atoms with Crippen molar-refractivity contribution >= 4 is 21.8 Å². The lowest BCUT2D eigenvalue weighted by Crippen LogP contribution is -2.37. The van der Waals surface area contributed by atoms with E-state index < -0.39 is 0 Å². The summed E-state index contributed by atoms with van der Waals surface area (Å²) in [5.41, 5.74) is 1.85. The Morgan fingerprint density at radius 1 is 1.32 bits per heavy atom. The number of rotatable bonds is 3. The molecule has 1 saturated heterocycles. The molecular formula is C15H19BrN2O. The molecule has 1 atom stereocenters. The SMILES string of the molecule is Cc1cc(Br)cc(C(=O)NC2CCN(C3CC3)C2)c1. The van der Waals surface area contributed by atoms with Gasteiger partial charge in [0.1, 0.15) is 0 Å². The molecule has 2 fully saturated rings. The lowest BCUT2D eigenvalue weighted by molar-refractivity contribution is 0.0937. The monoisotopic (exact) mass is 322 g/mol. The number of hydrogen-bond donors (Lipinski definition) is 1. The summed E-state index contributed by atoms with van der Waals surface area (Å²) in [6.45, 7) is 4.16. The zero-order valence-corrected chi connectivity index (χ0v) is 12.7. The van der Waals surface area contributed by atoms with Crippen molar-refractivity contribution in [2.75, 3.05) is 13.1 Å². The minimum atomic E-state index is 0.0482. The summed E-state index contributed by atoms with van der Waals surface area (Å²) in [5, 5.41) is 3.16. The van der Waals surface area contributed by atoms with Gasteiger partial charge in [-0.3, -0.25) is 9.69 Å². The van der Waals surface area contributed by atoms with E-state index in [2.05, 4.69) is 26.1 Å². The van der Waals surface area contributed by atoms with E-state index in [0.29, 0.717) is 6.04 Å². The number of hydrogen-bond acceptors (Lipinski definition) is 2. The van der Waals surface area contributed by atoms with Gasteiger partial charge in [-0.05, 0) is 49.9 Å². The lowest BCUT2D eigenvalue weighted by Gasteiger charge is -2.16. The Hall–Kier alpha value is -0.870. The lowest BCUT2D eigenvalue weighted by atomic mass is 10.1. The van der Waals surface area contributed by atoms with Crippen LogP contribution in [0.25, 0.3) is 0 Å². The highest BCUT2D eigenvalue weighted by Crippen LogP contribution is 2.29. The van der Waals surface area contributed by atoms with Crippen LogP contribution in [0.2, 0.25) is 0 Å².